The Hall–Kier alpha value is -1.30. The summed E-state index contributed by atoms with van der Waals surface area (Å²) < 4.78 is 11.7. The zero-order chi connectivity index (χ0) is 17.8. The van der Waals surface area contributed by atoms with E-state index in [1.165, 1.54) is 7.11 Å². The van der Waals surface area contributed by atoms with E-state index in [9.17, 15) is 10.2 Å². The molecule has 0 unspecified atom stereocenters. The molecular weight excluding hydrogens is 308 g/mol. The van der Waals surface area contributed by atoms with Crippen LogP contribution in [0.25, 0.3) is 0 Å². The van der Waals surface area contributed by atoms with Crippen molar-refractivity contribution in [3.8, 4) is 11.5 Å². The van der Waals surface area contributed by atoms with Crippen molar-refractivity contribution in [3.05, 3.63) is 36.4 Å². The van der Waals surface area contributed by atoms with Crippen LogP contribution in [0.5, 0.6) is 11.5 Å². The summed E-state index contributed by atoms with van der Waals surface area (Å²) in [5.74, 6) is 0.256. The van der Waals surface area contributed by atoms with Crippen molar-refractivity contribution in [2.45, 2.75) is 45.0 Å². The fourth-order valence-corrected chi connectivity index (χ4v) is 3.36. The van der Waals surface area contributed by atoms with Gasteiger partial charge in [-0.15, -0.1) is 6.58 Å². The van der Waals surface area contributed by atoms with Crippen molar-refractivity contribution in [1.29, 1.82) is 0 Å². The molecule has 1 rings (SSSR count). The van der Waals surface area contributed by atoms with Crippen LogP contribution < -0.4 is 4.74 Å². The van der Waals surface area contributed by atoms with Crippen LogP contribution in [0.3, 0.4) is 0 Å². The van der Waals surface area contributed by atoms with E-state index in [1.807, 2.05) is 6.07 Å². The lowest BCUT2D eigenvalue weighted by Crippen LogP contribution is -2.43. The summed E-state index contributed by atoms with van der Waals surface area (Å²) in [5, 5.41) is 19.6. The fraction of sp³-hybridized carbons (Fsp3) is 0.556. The number of aliphatic hydroxyl groups excluding tert-OH is 1. The van der Waals surface area contributed by atoms with Gasteiger partial charge in [0, 0.05) is 5.92 Å². The molecule has 4 nitrogen and oxygen atoms in total. The molecule has 2 atom stereocenters. The van der Waals surface area contributed by atoms with Gasteiger partial charge in [0.15, 0.2) is 19.8 Å². The molecule has 0 saturated heterocycles. The molecule has 5 heteroatoms. The Morgan fingerprint density at radius 2 is 1.91 bits per heavy atom. The van der Waals surface area contributed by atoms with Gasteiger partial charge in [0.25, 0.3) is 0 Å². The van der Waals surface area contributed by atoms with Crippen molar-refractivity contribution < 1.29 is 19.4 Å². The number of benzene rings is 1. The van der Waals surface area contributed by atoms with Crippen molar-refractivity contribution in [1.82, 2.24) is 0 Å². The first-order valence-corrected chi connectivity index (χ1v) is 10.8. The van der Waals surface area contributed by atoms with Crippen molar-refractivity contribution in [3.63, 3.8) is 0 Å². The Bertz CT molecular complexity index is 534. The number of aliphatic hydroxyl groups is 1. The highest BCUT2D eigenvalue weighted by molar-refractivity contribution is 6.74. The third-order valence-electron chi connectivity index (χ3n) is 4.66. The molecule has 130 valence electrons. The Morgan fingerprint density at radius 3 is 2.35 bits per heavy atom. The molecule has 0 amide bonds. The first-order chi connectivity index (χ1) is 10.6. The highest BCUT2D eigenvalue weighted by atomic mass is 28.4. The molecule has 23 heavy (non-hydrogen) atoms. The monoisotopic (exact) mass is 338 g/mol. The van der Waals surface area contributed by atoms with Gasteiger partial charge in [-0.1, -0.05) is 32.9 Å². The van der Waals surface area contributed by atoms with Crippen LogP contribution in [-0.4, -0.2) is 32.2 Å². The Kier molecular flexibility index (Phi) is 6.45. The van der Waals surface area contributed by atoms with Crippen molar-refractivity contribution in [2.24, 2.45) is 5.92 Å². The van der Waals surface area contributed by atoms with Gasteiger partial charge < -0.3 is 19.4 Å². The lowest BCUT2D eigenvalue weighted by Gasteiger charge is -2.41. The molecule has 0 aromatic heterocycles. The van der Waals surface area contributed by atoms with Gasteiger partial charge >= 0.3 is 0 Å². The highest BCUT2D eigenvalue weighted by Crippen LogP contribution is 2.42. The summed E-state index contributed by atoms with van der Waals surface area (Å²) >= 11 is 0. The molecule has 2 N–H and O–H groups in total. The van der Waals surface area contributed by atoms with Crippen LogP contribution >= 0.6 is 0 Å². The molecule has 0 saturated carbocycles. The van der Waals surface area contributed by atoms with Gasteiger partial charge in [0.05, 0.1) is 19.8 Å². The second-order valence-electron chi connectivity index (χ2n) is 7.31. The summed E-state index contributed by atoms with van der Waals surface area (Å²) in [6, 6.07) is 5.16. The number of hydrogen-bond donors (Lipinski definition) is 2. The number of phenols is 1. The summed E-state index contributed by atoms with van der Waals surface area (Å²) in [7, 11) is -0.536. The van der Waals surface area contributed by atoms with Crippen LogP contribution in [0.1, 0.15) is 32.4 Å². The minimum Gasteiger partial charge on any atom is -0.504 e. The summed E-state index contributed by atoms with van der Waals surface area (Å²) in [6.45, 7) is 14.7. The zero-order valence-corrected chi connectivity index (χ0v) is 16.1. The third-order valence-corrected chi connectivity index (χ3v) is 9.12. The molecule has 0 fully saturated rings. The molecule has 0 aliphatic heterocycles. The van der Waals surface area contributed by atoms with Crippen LogP contribution in [0.4, 0.5) is 0 Å². The van der Waals surface area contributed by atoms with E-state index in [0.717, 1.165) is 5.56 Å². The smallest absolute Gasteiger partial charge is 0.192 e. The maximum Gasteiger partial charge on any atom is 0.192 e. The zero-order valence-electron chi connectivity index (χ0n) is 15.1. The quantitative estimate of drug-likeness (QED) is 0.576. The molecular formula is C18H30O4Si. The number of ether oxygens (including phenoxy) is 1. The Balaban J connectivity index is 3.29. The first kappa shape index (κ1) is 19.7. The summed E-state index contributed by atoms with van der Waals surface area (Å²) in [4.78, 5) is 0. The van der Waals surface area contributed by atoms with E-state index in [0.29, 0.717) is 5.75 Å². The summed E-state index contributed by atoms with van der Waals surface area (Å²) in [6.07, 6.45) is 1.39. The second kappa shape index (κ2) is 7.51. The number of rotatable bonds is 7. The minimum atomic E-state index is -2.05. The van der Waals surface area contributed by atoms with Gasteiger partial charge in [-0.3, -0.25) is 0 Å². The fourth-order valence-electron chi connectivity index (χ4n) is 2.06. The van der Waals surface area contributed by atoms with E-state index in [1.54, 1.807) is 18.2 Å². The largest absolute Gasteiger partial charge is 0.504 e. The van der Waals surface area contributed by atoms with E-state index < -0.39 is 8.32 Å². The van der Waals surface area contributed by atoms with Gasteiger partial charge in [-0.05, 0) is 35.8 Å². The molecule has 0 spiro atoms. The maximum atomic E-state index is 9.80. The lowest BCUT2D eigenvalue weighted by atomic mass is 9.96. The number of aromatic hydroxyl groups is 1. The average Bonchev–Trinajstić information content (AvgIpc) is 2.46. The average molecular weight is 339 g/mol. The van der Waals surface area contributed by atoms with Crippen LogP contribution in [-0.2, 0) is 4.43 Å². The topological polar surface area (TPSA) is 58.9 Å². The van der Waals surface area contributed by atoms with E-state index in [2.05, 4.69) is 40.4 Å². The van der Waals surface area contributed by atoms with Crippen LogP contribution in [0.15, 0.2) is 30.9 Å². The van der Waals surface area contributed by atoms with Gasteiger partial charge in [0.2, 0.25) is 0 Å². The molecule has 0 aliphatic carbocycles. The Labute approximate surface area is 140 Å². The predicted octanol–water partition coefficient (Wildman–Crippen LogP) is 4.26. The number of phenolic OH excluding ortho intramolecular Hbond substituents is 1. The number of hydrogen-bond acceptors (Lipinski definition) is 4. The van der Waals surface area contributed by atoms with Crippen molar-refractivity contribution >= 4 is 8.32 Å². The normalized spacial score (nSPS) is 15.1. The van der Waals surface area contributed by atoms with Crippen LogP contribution in [0.2, 0.25) is 18.1 Å². The van der Waals surface area contributed by atoms with Gasteiger partial charge in [0.1, 0.15) is 0 Å². The number of methoxy groups -OCH3 is 1. The molecule has 0 bridgehead atoms. The minimum absolute atomic E-state index is 0.0490. The molecule has 0 aliphatic rings. The molecule has 1 aromatic rings. The van der Waals surface area contributed by atoms with Crippen LogP contribution in [0, 0.1) is 5.92 Å². The third kappa shape index (κ3) is 4.59. The Morgan fingerprint density at radius 1 is 1.30 bits per heavy atom. The second-order valence-corrected chi connectivity index (χ2v) is 12.1. The molecule has 1 aromatic carbocycles. The first-order valence-electron chi connectivity index (χ1n) is 7.85. The van der Waals surface area contributed by atoms with Gasteiger partial charge in [-0.25, -0.2) is 0 Å². The van der Waals surface area contributed by atoms with Crippen molar-refractivity contribution in [2.75, 3.05) is 13.7 Å². The summed E-state index contributed by atoms with van der Waals surface area (Å²) in [5.41, 5.74) is 0.864. The lowest BCUT2D eigenvalue weighted by molar-refractivity contribution is 0.0996. The SMILES string of the molecule is C=C[C@H](CO)[C@H](O[Si](C)(C)C(C)(C)C)c1ccc(O)c(OC)c1. The maximum absolute atomic E-state index is 9.80. The predicted molar refractivity (Wildman–Crippen MR) is 96.5 cm³/mol. The molecule has 0 heterocycles. The van der Waals surface area contributed by atoms with E-state index >= 15 is 0 Å². The highest BCUT2D eigenvalue weighted by Gasteiger charge is 2.40. The standard InChI is InChI=1S/C18H30O4Si/c1-8-13(12-19)17(22-23(6,7)18(2,3)4)14-9-10-15(20)16(11-14)21-5/h8-11,13,17,19-20H,1,12H2,2-7H3/t13-,17+/m1/s1. The molecule has 0 radical (unpaired) electrons. The van der Waals surface area contributed by atoms with E-state index in [4.69, 9.17) is 9.16 Å². The van der Waals surface area contributed by atoms with Gasteiger partial charge in [-0.2, -0.15) is 0 Å². The van der Waals surface area contributed by atoms with E-state index in [-0.39, 0.29) is 29.4 Å².